The van der Waals surface area contributed by atoms with E-state index < -0.39 is 11.5 Å². The number of carbonyl (C=O) groups excluding carboxylic acids is 1. The van der Waals surface area contributed by atoms with Crippen LogP contribution in [0, 0.1) is 5.82 Å². The Morgan fingerprint density at radius 1 is 1.07 bits per heavy atom. The number of benzene rings is 1. The van der Waals surface area contributed by atoms with Crippen LogP contribution in [-0.2, 0) is 4.79 Å². The Hall–Kier alpha value is -4.38. The molecule has 12 heteroatoms. The molecular formula is C31H27ClFN7O3. The number of anilines is 1. The van der Waals surface area contributed by atoms with Gasteiger partial charge in [-0.05, 0) is 43.9 Å². The number of nitrogens with zero attached hydrogens (tertiary/aromatic N) is 7. The van der Waals surface area contributed by atoms with Crippen LogP contribution in [0.3, 0.4) is 0 Å². The fraction of sp³-hybridized carbons (Fsp3) is 0.355. The zero-order valence-electron chi connectivity index (χ0n) is 23.2. The molecule has 2 aliphatic heterocycles. The normalized spacial score (nSPS) is 19.5. The van der Waals surface area contributed by atoms with Gasteiger partial charge in [0, 0.05) is 37.0 Å². The first-order chi connectivity index (χ1) is 20.9. The van der Waals surface area contributed by atoms with Gasteiger partial charge in [-0.1, -0.05) is 30.3 Å². The summed E-state index contributed by atoms with van der Waals surface area (Å²) in [4.78, 5) is 49.3. The predicted molar refractivity (Wildman–Crippen MR) is 158 cm³/mol. The van der Waals surface area contributed by atoms with E-state index in [9.17, 15) is 9.59 Å². The quantitative estimate of drug-likeness (QED) is 0.311. The highest BCUT2D eigenvalue weighted by Crippen LogP contribution is 2.49. The molecule has 218 valence electrons. The van der Waals surface area contributed by atoms with Gasteiger partial charge in [0.25, 0.3) is 0 Å². The summed E-state index contributed by atoms with van der Waals surface area (Å²) in [5.74, 6) is 0.391. The number of pyridine rings is 1. The van der Waals surface area contributed by atoms with Crippen molar-refractivity contribution in [2.75, 3.05) is 31.1 Å². The summed E-state index contributed by atoms with van der Waals surface area (Å²) in [6.45, 7) is 4.96. The summed E-state index contributed by atoms with van der Waals surface area (Å²) in [5.41, 5.74) is 2.28. The van der Waals surface area contributed by atoms with Crippen molar-refractivity contribution in [2.24, 2.45) is 0 Å². The summed E-state index contributed by atoms with van der Waals surface area (Å²) in [7, 11) is 0. The Kier molecular flexibility index (Phi) is 6.01. The monoisotopic (exact) mass is 599 g/mol. The first kappa shape index (κ1) is 26.3. The molecule has 8 rings (SSSR count). The first-order valence-electron chi connectivity index (χ1n) is 14.5. The van der Waals surface area contributed by atoms with Crippen LogP contribution in [0.1, 0.15) is 48.9 Å². The maximum atomic E-state index is 15.2. The maximum Gasteiger partial charge on any atom is 0.355 e. The summed E-state index contributed by atoms with van der Waals surface area (Å²) >= 11 is 7.00. The van der Waals surface area contributed by atoms with Crippen LogP contribution < -0.4 is 15.3 Å². The van der Waals surface area contributed by atoms with Crippen molar-refractivity contribution in [3.63, 3.8) is 0 Å². The lowest BCUT2D eigenvalue weighted by Crippen LogP contribution is -2.56. The third-order valence-corrected chi connectivity index (χ3v) is 9.08. The minimum absolute atomic E-state index is 0.124. The van der Waals surface area contributed by atoms with Crippen molar-refractivity contribution >= 4 is 34.4 Å². The van der Waals surface area contributed by atoms with Gasteiger partial charge in [0.2, 0.25) is 5.91 Å². The van der Waals surface area contributed by atoms with E-state index in [4.69, 9.17) is 21.3 Å². The molecule has 2 aliphatic carbocycles. The van der Waals surface area contributed by atoms with E-state index in [1.54, 1.807) is 29.4 Å². The van der Waals surface area contributed by atoms with Gasteiger partial charge in [0.1, 0.15) is 35.0 Å². The van der Waals surface area contributed by atoms with Crippen LogP contribution in [0.15, 0.2) is 48.0 Å². The minimum atomic E-state index is -0.536. The van der Waals surface area contributed by atoms with E-state index in [-0.39, 0.29) is 58.1 Å². The Bertz CT molecular complexity index is 1870. The number of hydrogen-bond acceptors (Lipinski definition) is 8. The average Bonchev–Trinajstić information content (AvgIpc) is 3.93. The van der Waals surface area contributed by atoms with Crippen LogP contribution in [0.5, 0.6) is 5.75 Å². The lowest BCUT2D eigenvalue weighted by atomic mass is 10.1. The van der Waals surface area contributed by atoms with Crippen LogP contribution in [0.2, 0.25) is 5.02 Å². The molecule has 0 bridgehead atoms. The van der Waals surface area contributed by atoms with Gasteiger partial charge in [-0.15, -0.1) is 0 Å². The molecule has 3 fully saturated rings. The summed E-state index contributed by atoms with van der Waals surface area (Å²) in [6, 6.07) is 5.93. The molecule has 1 amide bonds. The molecule has 5 heterocycles. The molecule has 4 aromatic rings. The highest BCUT2D eigenvalue weighted by atomic mass is 35.5. The lowest BCUT2D eigenvalue weighted by Gasteiger charge is -2.40. The Morgan fingerprint density at radius 2 is 1.79 bits per heavy atom. The second-order valence-corrected chi connectivity index (χ2v) is 11.9. The van der Waals surface area contributed by atoms with Crippen LogP contribution >= 0.6 is 11.6 Å². The SMILES string of the molecule is C=CC(=O)N1CCN2c3nc(=O)n(-c4c(C5CC5)ncnc4C4CC4)c4nc(-c5ccccc5F)c(Cl)c(c34)OC[C@H]2C1. The fourth-order valence-electron chi connectivity index (χ4n) is 6.29. The van der Waals surface area contributed by atoms with E-state index in [0.29, 0.717) is 36.5 Å². The number of carbonyl (C=O) groups is 1. The van der Waals surface area contributed by atoms with Crippen molar-refractivity contribution in [2.45, 2.75) is 43.6 Å². The molecule has 1 aromatic carbocycles. The minimum Gasteiger partial charge on any atom is -0.489 e. The Labute approximate surface area is 250 Å². The van der Waals surface area contributed by atoms with E-state index in [1.165, 1.54) is 16.7 Å². The van der Waals surface area contributed by atoms with Gasteiger partial charge in [-0.3, -0.25) is 4.79 Å². The lowest BCUT2D eigenvalue weighted by molar-refractivity contribution is -0.126. The number of hydrogen-bond donors (Lipinski definition) is 0. The molecule has 3 aromatic heterocycles. The number of piperazine rings is 1. The van der Waals surface area contributed by atoms with Gasteiger partial charge >= 0.3 is 5.69 Å². The topological polar surface area (TPSA) is 106 Å². The number of ether oxygens (including phenoxy) is 1. The smallest absolute Gasteiger partial charge is 0.355 e. The van der Waals surface area contributed by atoms with Crippen molar-refractivity contribution in [1.82, 2.24) is 29.4 Å². The molecule has 1 atom stereocenters. The molecule has 2 saturated carbocycles. The van der Waals surface area contributed by atoms with Gasteiger partial charge < -0.3 is 14.5 Å². The third kappa shape index (κ3) is 4.20. The van der Waals surface area contributed by atoms with Gasteiger partial charge in [-0.2, -0.15) is 4.98 Å². The zero-order valence-corrected chi connectivity index (χ0v) is 23.9. The number of fused-ring (bicyclic) bond motifs is 2. The highest BCUT2D eigenvalue weighted by Gasteiger charge is 2.40. The van der Waals surface area contributed by atoms with Crippen molar-refractivity contribution in [3.05, 3.63) is 76.0 Å². The largest absolute Gasteiger partial charge is 0.489 e. The molecule has 43 heavy (non-hydrogen) atoms. The summed E-state index contributed by atoms with van der Waals surface area (Å²) < 4.78 is 23.1. The van der Waals surface area contributed by atoms with E-state index >= 15 is 4.39 Å². The highest BCUT2D eigenvalue weighted by molar-refractivity contribution is 6.36. The third-order valence-electron chi connectivity index (χ3n) is 8.72. The molecule has 0 spiro atoms. The molecule has 10 nitrogen and oxygen atoms in total. The van der Waals surface area contributed by atoms with Crippen molar-refractivity contribution in [3.8, 4) is 22.7 Å². The standard InChI is InChI=1S/C31H27ClFN7O3/c1-2-21(41)38-11-12-39-18(13-38)14-43-28-22-29(39)37-31(42)40(27-24(16-7-8-16)34-15-35-25(27)17-9-10-17)30(22)36-26(23(28)32)19-5-3-4-6-20(19)33/h2-6,15-18H,1,7-14H2/t18-/m1/s1. The zero-order chi connectivity index (χ0) is 29.4. The van der Waals surface area contributed by atoms with Crippen LogP contribution in [0.25, 0.3) is 28.0 Å². The Balaban J connectivity index is 1.44. The van der Waals surface area contributed by atoms with E-state index in [0.717, 1.165) is 37.1 Å². The summed E-state index contributed by atoms with van der Waals surface area (Å²) in [6.07, 6.45) is 6.74. The molecule has 0 unspecified atom stereocenters. The van der Waals surface area contributed by atoms with Gasteiger partial charge in [0.15, 0.2) is 11.4 Å². The second kappa shape index (κ2) is 9.84. The predicted octanol–water partition coefficient (Wildman–Crippen LogP) is 4.38. The van der Waals surface area contributed by atoms with Gasteiger partial charge in [0.05, 0.1) is 28.8 Å². The molecule has 4 aliphatic rings. The first-order valence-corrected chi connectivity index (χ1v) is 14.9. The molecule has 0 radical (unpaired) electrons. The van der Waals surface area contributed by atoms with Gasteiger partial charge in [-0.25, -0.2) is 28.7 Å². The fourth-order valence-corrected chi connectivity index (χ4v) is 6.58. The number of aromatic nitrogens is 5. The number of amides is 1. The van der Waals surface area contributed by atoms with Crippen LogP contribution in [0.4, 0.5) is 10.2 Å². The van der Waals surface area contributed by atoms with Crippen molar-refractivity contribution in [1.29, 1.82) is 0 Å². The second-order valence-electron chi connectivity index (χ2n) is 11.5. The molecule has 0 N–H and O–H groups in total. The number of rotatable bonds is 5. The molecular weight excluding hydrogens is 573 g/mol. The van der Waals surface area contributed by atoms with Crippen molar-refractivity contribution < 1.29 is 13.9 Å². The summed E-state index contributed by atoms with van der Waals surface area (Å²) in [5, 5.41) is 0.585. The average molecular weight is 600 g/mol. The molecule has 1 saturated heterocycles. The van der Waals surface area contributed by atoms with E-state index in [2.05, 4.69) is 21.5 Å². The van der Waals surface area contributed by atoms with E-state index in [1.807, 2.05) is 4.90 Å². The number of halogens is 2. The maximum absolute atomic E-state index is 15.2. The van der Waals surface area contributed by atoms with Crippen LogP contribution in [-0.4, -0.2) is 67.6 Å². The Morgan fingerprint density at radius 3 is 2.47 bits per heavy atom.